The van der Waals surface area contributed by atoms with Crippen molar-refractivity contribution in [2.45, 2.75) is 30.8 Å². The van der Waals surface area contributed by atoms with Gasteiger partial charge in [-0.25, -0.2) is 0 Å². The van der Waals surface area contributed by atoms with Crippen LogP contribution in [0.15, 0.2) is 95.7 Å². The van der Waals surface area contributed by atoms with Crippen LogP contribution in [-0.2, 0) is 19.9 Å². The summed E-state index contributed by atoms with van der Waals surface area (Å²) in [7, 11) is 1.51. The van der Waals surface area contributed by atoms with Crippen molar-refractivity contribution < 1.29 is 19.4 Å². The van der Waals surface area contributed by atoms with Crippen molar-refractivity contribution in [2.24, 2.45) is 16.7 Å². The van der Waals surface area contributed by atoms with Crippen LogP contribution in [0.1, 0.15) is 36.3 Å². The summed E-state index contributed by atoms with van der Waals surface area (Å²) in [5.41, 5.74) is -2.37. The first-order chi connectivity index (χ1) is 16.3. The summed E-state index contributed by atoms with van der Waals surface area (Å²) in [6.45, 7) is 7.73. The number of halogens is 1. The van der Waals surface area contributed by atoms with Gasteiger partial charge < -0.3 is 9.84 Å². The van der Waals surface area contributed by atoms with Crippen LogP contribution in [0.4, 0.5) is 0 Å². The second-order valence-electron chi connectivity index (χ2n) is 9.52. The highest BCUT2D eigenvalue weighted by Crippen LogP contribution is 2.79. The van der Waals surface area contributed by atoms with Gasteiger partial charge in [0, 0.05) is 16.0 Å². The Morgan fingerprint density at radius 2 is 1.76 bits per heavy atom. The zero-order chi connectivity index (χ0) is 24.3. The smallest absolute Gasteiger partial charge is 0.179 e. The molecule has 34 heavy (non-hydrogen) atoms. The number of aliphatic hydroxyl groups is 1. The number of hydrogen-bond acceptors (Lipinski definition) is 4. The average Bonchev–Trinajstić information content (AvgIpc) is 3.02. The molecule has 5 atom stereocenters. The Morgan fingerprint density at radius 3 is 2.35 bits per heavy atom. The van der Waals surface area contributed by atoms with Gasteiger partial charge in [0.25, 0.3) is 0 Å². The highest BCUT2D eigenvalue weighted by Gasteiger charge is 2.87. The molecule has 3 aliphatic carbocycles. The van der Waals surface area contributed by atoms with Crippen LogP contribution >= 0.6 is 15.9 Å². The van der Waals surface area contributed by atoms with Gasteiger partial charge in [-0.2, -0.15) is 0 Å². The van der Waals surface area contributed by atoms with Gasteiger partial charge in [0.1, 0.15) is 16.8 Å². The molecular weight excluding hydrogens is 492 g/mol. The fraction of sp³-hybridized carbons (Fsp3) is 0.310. The molecule has 0 saturated heterocycles. The zero-order valence-corrected chi connectivity index (χ0v) is 20.7. The molecule has 174 valence electrons. The van der Waals surface area contributed by atoms with Crippen molar-refractivity contribution in [1.29, 1.82) is 0 Å². The van der Waals surface area contributed by atoms with E-state index in [1.165, 1.54) is 7.11 Å². The number of benzene rings is 2. The third-order valence-electron chi connectivity index (χ3n) is 8.20. The van der Waals surface area contributed by atoms with Crippen LogP contribution in [0.5, 0.6) is 0 Å². The minimum atomic E-state index is -1.68. The van der Waals surface area contributed by atoms with E-state index in [1.807, 2.05) is 54.6 Å². The summed E-state index contributed by atoms with van der Waals surface area (Å²) in [4.78, 5) is 28.8. The molecule has 0 amide bonds. The van der Waals surface area contributed by atoms with Crippen LogP contribution in [0, 0.1) is 16.7 Å². The maximum absolute atomic E-state index is 14.5. The van der Waals surface area contributed by atoms with E-state index in [2.05, 4.69) is 29.1 Å². The quantitative estimate of drug-likeness (QED) is 0.381. The number of allylic oxidation sites excluding steroid dienone is 4. The maximum atomic E-state index is 14.5. The lowest BCUT2D eigenvalue weighted by molar-refractivity contribution is -0.218. The number of methoxy groups -OCH3 is 1. The Bertz CT molecular complexity index is 1230. The molecular formula is C29H27BrO4. The molecule has 2 bridgehead atoms. The van der Waals surface area contributed by atoms with E-state index in [0.717, 1.165) is 10.0 Å². The molecule has 2 aromatic rings. The largest absolute Gasteiger partial charge is 0.500 e. The standard InChI is InChI=1S/C29H27BrO4/c1-4-9-21-24(31)28-22(17-27(16-5-2,26(28)32)25(21)34-3)23(18-12-14-20(30)15-13-18)29(28,33)19-10-7-6-8-11-19/h4-8,10-15,22-23,33H,1-2,9,16-17H2,3H3/t22-,23-,27-,28-,29+/m1/s1. The molecule has 0 aromatic heterocycles. The second kappa shape index (κ2) is 7.89. The molecule has 0 heterocycles. The van der Waals surface area contributed by atoms with Gasteiger partial charge in [0.15, 0.2) is 11.6 Å². The molecule has 1 spiro atoms. The first-order valence-electron chi connectivity index (χ1n) is 11.5. The lowest BCUT2D eigenvalue weighted by Crippen LogP contribution is -2.72. The highest BCUT2D eigenvalue weighted by molar-refractivity contribution is 9.10. The lowest BCUT2D eigenvalue weighted by atomic mass is 9.39. The van der Waals surface area contributed by atoms with E-state index in [4.69, 9.17) is 4.74 Å². The maximum Gasteiger partial charge on any atom is 0.179 e. The van der Waals surface area contributed by atoms with Crippen LogP contribution in [0.25, 0.3) is 0 Å². The van der Waals surface area contributed by atoms with E-state index in [-0.39, 0.29) is 23.9 Å². The summed E-state index contributed by atoms with van der Waals surface area (Å²) in [6, 6.07) is 16.9. The van der Waals surface area contributed by atoms with E-state index in [1.54, 1.807) is 12.2 Å². The second-order valence-corrected chi connectivity index (χ2v) is 10.4. The topological polar surface area (TPSA) is 63.6 Å². The Morgan fingerprint density at radius 1 is 1.09 bits per heavy atom. The Labute approximate surface area is 208 Å². The van der Waals surface area contributed by atoms with Crippen LogP contribution in [0.2, 0.25) is 0 Å². The third-order valence-corrected chi connectivity index (χ3v) is 8.73. The van der Waals surface area contributed by atoms with Gasteiger partial charge in [-0.05, 0) is 48.4 Å². The predicted octanol–water partition coefficient (Wildman–Crippen LogP) is 5.63. The van der Waals surface area contributed by atoms with Crippen LogP contribution in [-0.4, -0.2) is 23.8 Å². The number of rotatable bonds is 7. The highest BCUT2D eigenvalue weighted by atomic mass is 79.9. The molecule has 2 fully saturated rings. The van der Waals surface area contributed by atoms with Gasteiger partial charge in [-0.3, -0.25) is 9.59 Å². The number of ketones is 2. The average molecular weight is 519 g/mol. The summed E-state index contributed by atoms with van der Waals surface area (Å²) < 4.78 is 6.71. The minimum absolute atomic E-state index is 0.251. The number of carbonyl (C=O) groups is 2. The van der Waals surface area contributed by atoms with Crippen molar-refractivity contribution >= 4 is 27.5 Å². The Kier molecular flexibility index (Phi) is 5.34. The number of ether oxygens (including phenoxy) is 1. The molecule has 4 nitrogen and oxygen atoms in total. The number of Topliss-reactive ketones (excluding diaryl/α,β-unsaturated/α-hetero) is 2. The van der Waals surface area contributed by atoms with Crippen molar-refractivity contribution in [1.82, 2.24) is 0 Å². The van der Waals surface area contributed by atoms with Gasteiger partial charge in [-0.15, -0.1) is 13.2 Å². The molecule has 2 saturated carbocycles. The normalized spacial score (nSPS) is 33.9. The fourth-order valence-corrected chi connectivity index (χ4v) is 7.37. The Hall–Kier alpha value is -2.76. The van der Waals surface area contributed by atoms with Gasteiger partial charge in [0.05, 0.1) is 12.5 Å². The van der Waals surface area contributed by atoms with Gasteiger partial charge >= 0.3 is 0 Å². The van der Waals surface area contributed by atoms with Crippen molar-refractivity contribution in [3.05, 3.63) is 107 Å². The van der Waals surface area contributed by atoms with E-state index in [9.17, 15) is 14.7 Å². The summed E-state index contributed by atoms with van der Waals surface area (Å²) in [6.07, 6.45) is 4.41. The molecule has 0 unspecified atom stereocenters. The molecule has 3 aliphatic rings. The van der Waals surface area contributed by atoms with Crippen molar-refractivity contribution in [2.75, 3.05) is 7.11 Å². The third kappa shape index (κ3) is 2.52. The van der Waals surface area contributed by atoms with E-state index >= 15 is 0 Å². The molecule has 0 aliphatic heterocycles. The van der Waals surface area contributed by atoms with Crippen LogP contribution in [0.3, 0.4) is 0 Å². The van der Waals surface area contributed by atoms with Crippen molar-refractivity contribution in [3.8, 4) is 0 Å². The van der Waals surface area contributed by atoms with Gasteiger partial charge in [-0.1, -0.05) is 70.5 Å². The zero-order valence-electron chi connectivity index (χ0n) is 19.1. The van der Waals surface area contributed by atoms with Crippen molar-refractivity contribution in [3.63, 3.8) is 0 Å². The minimum Gasteiger partial charge on any atom is -0.500 e. The lowest BCUT2D eigenvalue weighted by Gasteiger charge is -2.63. The number of hydrogen-bond donors (Lipinski definition) is 1. The number of carbonyl (C=O) groups excluding carboxylic acids is 2. The van der Waals surface area contributed by atoms with E-state index in [0.29, 0.717) is 29.7 Å². The summed E-state index contributed by atoms with van der Waals surface area (Å²) in [5.74, 6) is -0.974. The molecule has 5 rings (SSSR count). The summed E-state index contributed by atoms with van der Waals surface area (Å²) >= 11 is 3.48. The van der Waals surface area contributed by atoms with E-state index < -0.39 is 22.3 Å². The first kappa shape index (κ1) is 23.0. The number of fused-ring (bicyclic) bond motifs is 1. The van der Waals surface area contributed by atoms with Crippen LogP contribution < -0.4 is 0 Å². The molecule has 2 aromatic carbocycles. The molecule has 1 N–H and O–H groups in total. The Balaban J connectivity index is 1.83. The predicted molar refractivity (Wildman–Crippen MR) is 134 cm³/mol. The molecule has 0 radical (unpaired) electrons. The molecule has 5 heteroatoms. The fourth-order valence-electron chi connectivity index (χ4n) is 7.11. The SMILES string of the molecule is C=CCC1=C(OC)[C@@]2(CC=C)C[C@@H]3[C@@H](c4ccc(Br)cc4)[C@@](O)(c4ccccc4)[C@]3(C1=O)C2=O. The monoisotopic (exact) mass is 518 g/mol. The first-order valence-corrected chi connectivity index (χ1v) is 12.3. The van der Waals surface area contributed by atoms with Gasteiger partial charge in [0.2, 0.25) is 0 Å². The summed E-state index contributed by atoms with van der Waals surface area (Å²) in [5, 5.41) is 12.6.